The fourth-order valence-electron chi connectivity index (χ4n) is 0.862. The fourth-order valence-corrected chi connectivity index (χ4v) is 1.42. The second kappa shape index (κ2) is 3.47. The lowest BCUT2D eigenvalue weighted by Gasteiger charge is -2.12. The van der Waals surface area contributed by atoms with Crippen LogP contribution in [0.1, 0.15) is 11.4 Å². The molecule has 5 N–H and O–H groups in total. The Kier molecular flexibility index (Phi) is 2.73. The summed E-state index contributed by atoms with van der Waals surface area (Å²) in [5.41, 5.74) is 5.99. The van der Waals surface area contributed by atoms with Gasteiger partial charge in [0.2, 0.25) is 0 Å². The quantitative estimate of drug-likeness (QED) is 0.412. The first-order chi connectivity index (χ1) is 5.91. The molecule has 0 radical (unpaired) electrons. The summed E-state index contributed by atoms with van der Waals surface area (Å²) in [4.78, 5) is 17.3. The monoisotopic (exact) mass is 203 g/mol. The Labute approximate surface area is 75.0 Å². The van der Waals surface area contributed by atoms with Gasteiger partial charge >= 0.3 is 7.60 Å². The van der Waals surface area contributed by atoms with E-state index in [9.17, 15) is 4.57 Å². The molecule has 0 amide bonds. The molecule has 0 saturated heterocycles. The van der Waals surface area contributed by atoms with Crippen LogP contribution in [0.4, 0.5) is 5.69 Å². The van der Waals surface area contributed by atoms with Crippen molar-refractivity contribution >= 4 is 13.3 Å². The highest BCUT2D eigenvalue weighted by molar-refractivity contribution is 7.51. The van der Waals surface area contributed by atoms with Crippen molar-refractivity contribution in [1.29, 1.82) is 0 Å². The molecule has 0 aromatic heterocycles. The molecule has 0 bridgehead atoms. The van der Waals surface area contributed by atoms with Crippen molar-refractivity contribution in [2.24, 2.45) is 0 Å². The molecule has 5 nitrogen and oxygen atoms in total. The average Bonchev–Trinajstić information content (AvgIpc) is 2.03. The minimum atomic E-state index is -4.48. The minimum absolute atomic E-state index is 0.155. The normalized spacial score (nSPS) is 14.1. The van der Waals surface area contributed by atoms with Gasteiger partial charge in [-0.1, -0.05) is 12.1 Å². The Balaban J connectivity index is 2.97. The van der Waals surface area contributed by atoms with Gasteiger partial charge in [-0.05, 0) is 17.7 Å². The number of benzene rings is 1. The average molecular weight is 203 g/mol. The zero-order chi connectivity index (χ0) is 10.1. The summed E-state index contributed by atoms with van der Waals surface area (Å²) in [6.45, 7) is 0. The maximum absolute atomic E-state index is 10.6. The van der Waals surface area contributed by atoms with Crippen LogP contribution in [0.3, 0.4) is 0 Å². The van der Waals surface area contributed by atoms with Crippen LogP contribution in [0.2, 0.25) is 0 Å². The van der Waals surface area contributed by atoms with Crippen molar-refractivity contribution in [3.63, 3.8) is 0 Å². The molecule has 1 rings (SSSR count). The van der Waals surface area contributed by atoms with E-state index in [0.717, 1.165) is 0 Å². The Bertz CT molecular complexity index is 331. The summed E-state index contributed by atoms with van der Waals surface area (Å²) in [6, 6.07) is 5.68. The fraction of sp³-hybridized carbons (Fsp3) is 0.143. The first-order valence-electron chi connectivity index (χ1n) is 3.50. The van der Waals surface area contributed by atoms with E-state index in [4.69, 9.17) is 20.6 Å². The van der Waals surface area contributed by atoms with Gasteiger partial charge in [-0.25, -0.2) is 0 Å². The highest BCUT2D eigenvalue weighted by atomic mass is 31.2. The summed E-state index contributed by atoms with van der Waals surface area (Å²) in [5.74, 6) is -1.77. The van der Waals surface area contributed by atoms with E-state index in [1.807, 2.05) is 0 Å². The molecular formula is C7H10NO4P. The SMILES string of the molecule is Nc1ccc(C(O)P(=O)(O)O)cc1. The first-order valence-corrected chi connectivity index (χ1v) is 5.18. The number of hydrogen-bond donors (Lipinski definition) is 4. The molecule has 1 unspecified atom stereocenters. The van der Waals surface area contributed by atoms with Crippen LogP contribution in [-0.4, -0.2) is 14.9 Å². The number of aliphatic hydroxyl groups excluding tert-OH is 1. The lowest BCUT2D eigenvalue weighted by molar-refractivity contribution is 0.205. The molecule has 0 saturated carbocycles. The number of hydrogen-bond acceptors (Lipinski definition) is 3. The van der Waals surface area contributed by atoms with E-state index in [1.165, 1.54) is 24.3 Å². The van der Waals surface area contributed by atoms with Crippen LogP contribution in [0.15, 0.2) is 24.3 Å². The second-order valence-electron chi connectivity index (χ2n) is 2.63. The van der Waals surface area contributed by atoms with Gasteiger partial charge in [0.15, 0.2) is 5.85 Å². The standard InChI is InChI=1S/C7H10NO4P/c8-6-3-1-5(2-4-6)7(9)13(10,11)12/h1-4,7,9H,8H2,(H2,10,11,12). The molecule has 6 heteroatoms. The van der Waals surface area contributed by atoms with E-state index in [-0.39, 0.29) is 5.56 Å². The summed E-state index contributed by atoms with van der Waals surface area (Å²) in [5, 5.41) is 9.14. The van der Waals surface area contributed by atoms with Gasteiger partial charge in [-0.2, -0.15) is 0 Å². The van der Waals surface area contributed by atoms with Crippen molar-refractivity contribution < 1.29 is 19.5 Å². The molecule has 0 heterocycles. The Hall–Kier alpha value is -0.870. The van der Waals surface area contributed by atoms with Gasteiger partial charge in [0.05, 0.1) is 0 Å². The number of nitrogens with two attached hydrogens (primary N) is 1. The molecule has 0 aliphatic heterocycles. The van der Waals surface area contributed by atoms with Crippen LogP contribution in [-0.2, 0) is 4.57 Å². The second-order valence-corrected chi connectivity index (χ2v) is 4.30. The maximum Gasteiger partial charge on any atom is 0.358 e. The summed E-state index contributed by atoms with van der Waals surface area (Å²) < 4.78 is 10.6. The Morgan fingerprint density at radius 3 is 2.08 bits per heavy atom. The minimum Gasteiger partial charge on any atom is -0.399 e. The highest BCUT2D eigenvalue weighted by Gasteiger charge is 2.27. The smallest absolute Gasteiger partial charge is 0.358 e. The number of aliphatic hydroxyl groups is 1. The van der Waals surface area contributed by atoms with E-state index in [2.05, 4.69) is 0 Å². The third kappa shape index (κ3) is 2.54. The van der Waals surface area contributed by atoms with Crippen LogP contribution in [0, 0.1) is 0 Å². The van der Waals surface area contributed by atoms with Gasteiger partial charge in [0.1, 0.15) is 0 Å². The zero-order valence-electron chi connectivity index (χ0n) is 6.66. The predicted octanol–water partition coefficient (Wildman–Crippen LogP) is 0.437. The van der Waals surface area contributed by atoms with Gasteiger partial charge < -0.3 is 20.6 Å². The van der Waals surface area contributed by atoms with Crippen LogP contribution in [0.5, 0.6) is 0 Å². The molecule has 1 aromatic rings. The van der Waals surface area contributed by atoms with Gasteiger partial charge in [0, 0.05) is 5.69 Å². The van der Waals surface area contributed by atoms with Gasteiger partial charge in [-0.15, -0.1) is 0 Å². The third-order valence-corrected chi connectivity index (χ3v) is 2.49. The first kappa shape index (κ1) is 10.2. The molecule has 0 spiro atoms. The number of rotatable bonds is 2. The molecule has 0 fully saturated rings. The van der Waals surface area contributed by atoms with Crippen molar-refractivity contribution in [2.45, 2.75) is 5.85 Å². The third-order valence-electron chi connectivity index (χ3n) is 1.55. The molecule has 1 aromatic carbocycles. The van der Waals surface area contributed by atoms with E-state index in [0.29, 0.717) is 5.69 Å². The summed E-state index contributed by atoms with van der Waals surface area (Å²) >= 11 is 0. The lowest BCUT2D eigenvalue weighted by atomic mass is 10.2. The van der Waals surface area contributed by atoms with Gasteiger partial charge in [-0.3, -0.25) is 4.57 Å². The molecule has 1 atom stereocenters. The summed E-state index contributed by atoms with van der Waals surface area (Å²) in [6.07, 6.45) is 0. The highest BCUT2D eigenvalue weighted by Crippen LogP contribution is 2.49. The van der Waals surface area contributed by atoms with E-state index >= 15 is 0 Å². The number of nitrogen functional groups attached to an aromatic ring is 1. The van der Waals surface area contributed by atoms with Crippen molar-refractivity contribution in [2.75, 3.05) is 5.73 Å². The number of anilines is 1. The molecule has 0 aliphatic rings. The maximum atomic E-state index is 10.6. The van der Waals surface area contributed by atoms with Crippen molar-refractivity contribution in [1.82, 2.24) is 0 Å². The van der Waals surface area contributed by atoms with Crippen molar-refractivity contribution in [3.8, 4) is 0 Å². The summed E-state index contributed by atoms with van der Waals surface area (Å²) in [7, 11) is -4.48. The lowest BCUT2D eigenvalue weighted by Crippen LogP contribution is -1.98. The molecule has 72 valence electrons. The Morgan fingerprint density at radius 1 is 1.23 bits per heavy atom. The van der Waals surface area contributed by atoms with Gasteiger partial charge in [0.25, 0.3) is 0 Å². The van der Waals surface area contributed by atoms with Crippen LogP contribution < -0.4 is 5.73 Å². The molecule has 0 aliphatic carbocycles. The van der Waals surface area contributed by atoms with E-state index < -0.39 is 13.4 Å². The van der Waals surface area contributed by atoms with Crippen LogP contribution in [0.25, 0.3) is 0 Å². The largest absolute Gasteiger partial charge is 0.399 e. The van der Waals surface area contributed by atoms with Crippen LogP contribution >= 0.6 is 7.60 Å². The topological polar surface area (TPSA) is 104 Å². The molecular weight excluding hydrogens is 193 g/mol. The molecule has 13 heavy (non-hydrogen) atoms. The Morgan fingerprint density at radius 2 is 1.69 bits per heavy atom. The van der Waals surface area contributed by atoms with Crippen molar-refractivity contribution in [3.05, 3.63) is 29.8 Å². The zero-order valence-corrected chi connectivity index (χ0v) is 7.56. The predicted molar refractivity (Wildman–Crippen MR) is 47.9 cm³/mol. The van der Waals surface area contributed by atoms with E-state index in [1.54, 1.807) is 0 Å².